The summed E-state index contributed by atoms with van der Waals surface area (Å²) in [6, 6.07) is 5.11. The van der Waals surface area contributed by atoms with Gasteiger partial charge in [-0.3, -0.25) is 4.79 Å². The summed E-state index contributed by atoms with van der Waals surface area (Å²) in [6.07, 6.45) is 1.38. The van der Waals surface area contributed by atoms with Gasteiger partial charge >= 0.3 is 0 Å². The second-order valence-electron chi connectivity index (χ2n) is 4.60. The van der Waals surface area contributed by atoms with E-state index in [9.17, 15) is 4.79 Å². The van der Waals surface area contributed by atoms with Crippen molar-refractivity contribution in [1.29, 1.82) is 0 Å². The molecule has 0 saturated heterocycles. The smallest absolute Gasteiger partial charge is 0.251 e. The third-order valence-electron chi connectivity index (χ3n) is 2.95. The Bertz CT molecular complexity index is 447. The van der Waals surface area contributed by atoms with E-state index in [2.05, 4.69) is 5.32 Å². The molecule has 0 bridgehead atoms. The number of hydrogen-bond donors (Lipinski definition) is 2. The summed E-state index contributed by atoms with van der Waals surface area (Å²) < 4.78 is 11.1. The van der Waals surface area contributed by atoms with Crippen LogP contribution in [0.3, 0.4) is 0 Å². The Morgan fingerprint density at radius 1 is 1.37 bits per heavy atom. The summed E-state index contributed by atoms with van der Waals surface area (Å²) in [5.41, 5.74) is 0.536. The Balaban J connectivity index is 2.08. The minimum absolute atomic E-state index is 0.0581. The highest BCUT2D eigenvalue weighted by Crippen LogP contribution is 2.30. The summed E-state index contributed by atoms with van der Waals surface area (Å²) in [7, 11) is 0. The SMILES string of the molecule is CC(CCO)NC(=O)c1ccc2c(c1)OCCCO2. The van der Waals surface area contributed by atoms with Gasteiger partial charge in [0.2, 0.25) is 0 Å². The van der Waals surface area contributed by atoms with Crippen molar-refractivity contribution in [2.24, 2.45) is 0 Å². The Labute approximate surface area is 112 Å². The fourth-order valence-electron chi connectivity index (χ4n) is 1.88. The second-order valence-corrected chi connectivity index (χ2v) is 4.60. The van der Waals surface area contributed by atoms with Crippen LogP contribution in [0, 0.1) is 0 Å². The van der Waals surface area contributed by atoms with Crippen LogP contribution in [0.1, 0.15) is 30.1 Å². The average molecular weight is 265 g/mol. The molecule has 19 heavy (non-hydrogen) atoms. The summed E-state index contributed by atoms with van der Waals surface area (Å²) in [4.78, 5) is 12.0. The largest absolute Gasteiger partial charge is 0.490 e. The lowest BCUT2D eigenvalue weighted by atomic mass is 10.1. The lowest BCUT2D eigenvalue weighted by Gasteiger charge is -2.13. The van der Waals surface area contributed by atoms with Crippen molar-refractivity contribution < 1.29 is 19.4 Å². The maximum absolute atomic E-state index is 12.0. The molecule has 5 nitrogen and oxygen atoms in total. The molecule has 0 aromatic heterocycles. The van der Waals surface area contributed by atoms with Gasteiger partial charge in [0.25, 0.3) is 5.91 Å². The third-order valence-corrected chi connectivity index (χ3v) is 2.95. The van der Waals surface area contributed by atoms with E-state index in [1.165, 1.54) is 0 Å². The fourth-order valence-corrected chi connectivity index (χ4v) is 1.88. The van der Waals surface area contributed by atoms with Crippen LogP contribution >= 0.6 is 0 Å². The van der Waals surface area contributed by atoms with Crippen LogP contribution in [0.15, 0.2) is 18.2 Å². The summed E-state index contributed by atoms with van der Waals surface area (Å²) in [5.74, 6) is 1.12. The predicted octanol–water partition coefficient (Wildman–Crippen LogP) is 1.35. The minimum Gasteiger partial charge on any atom is -0.490 e. The number of amides is 1. The van der Waals surface area contributed by atoms with Crippen LogP contribution in [0.25, 0.3) is 0 Å². The molecule has 1 atom stereocenters. The van der Waals surface area contributed by atoms with Gasteiger partial charge in [-0.15, -0.1) is 0 Å². The molecule has 1 aromatic rings. The van der Waals surface area contributed by atoms with Gasteiger partial charge in [0.1, 0.15) is 0 Å². The maximum Gasteiger partial charge on any atom is 0.251 e. The Hall–Kier alpha value is -1.75. The minimum atomic E-state index is -0.170. The monoisotopic (exact) mass is 265 g/mol. The van der Waals surface area contributed by atoms with Crippen molar-refractivity contribution in [2.75, 3.05) is 19.8 Å². The lowest BCUT2D eigenvalue weighted by molar-refractivity contribution is 0.0934. The van der Waals surface area contributed by atoms with Crippen molar-refractivity contribution in [1.82, 2.24) is 5.32 Å². The number of aliphatic hydroxyl groups is 1. The predicted molar refractivity (Wildman–Crippen MR) is 70.7 cm³/mol. The van der Waals surface area contributed by atoms with Crippen LogP contribution in [-0.2, 0) is 0 Å². The molecule has 0 radical (unpaired) electrons. The molecule has 2 N–H and O–H groups in total. The average Bonchev–Trinajstić information content (AvgIpc) is 2.63. The first kappa shape index (κ1) is 13.7. The Morgan fingerprint density at radius 3 is 2.84 bits per heavy atom. The Kier molecular flexibility index (Phi) is 4.63. The molecular formula is C14H19NO4. The molecular weight excluding hydrogens is 246 g/mol. The van der Waals surface area contributed by atoms with Crippen LogP contribution in [0.4, 0.5) is 0 Å². The van der Waals surface area contributed by atoms with Gasteiger partial charge < -0.3 is 19.9 Å². The molecule has 0 saturated carbocycles. The van der Waals surface area contributed by atoms with Crippen molar-refractivity contribution in [3.8, 4) is 11.5 Å². The van der Waals surface area contributed by atoms with E-state index in [0.717, 1.165) is 6.42 Å². The molecule has 1 aromatic carbocycles. The fraction of sp³-hybridized carbons (Fsp3) is 0.500. The second kappa shape index (κ2) is 6.43. The number of ether oxygens (including phenoxy) is 2. The summed E-state index contributed by atoms with van der Waals surface area (Å²) >= 11 is 0. The van der Waals surface area contributed by atoms with Crippen molar-refractivity contribution >= 4 is 5.91 Å². The van der Waals surface area contributed by atoms with Crippen LogP contribution in [0.5, 0.6) is 11.5 Å². The first-order chi connectivity index (χ1) is 9.20. The quantitative estimate of drug-likeness (QED) is 0.862. The van der Waals surface area contributed by atoms with Gasteiger partial charge in [-0.05, 0) is 31.5 Å². The number of carbonyl (C=O) groups is 1. The first-order valence-corrected chi connectivity index (χ1v) is 6.52. The molecule has 0 aliphatic carbocycles. The molecule has 104 valence electrons. The number of rotatable bonds is 4. The van der Waals surface area contributed by atoms with E-state index in [0.29, 0.717) is 36.7 Å². The van der Waals surface area contributed by atoms with Gasteiger partial charge in [0.05, 0.1) is 13.2 Å². The molecule has 2 rings (SSSR count). The summed E-state index contributed by atoms with van der Waals surface area (Å²) in [6.45, 7) is 3.14. The van der Waals surface area contributed by atoms with Crippen molar-refractivity contribution in [2.45, 2.75) is 25.8 Å². The van der Waals surface area contributed by atoms with Crippen molar-refractivity contribution in [3.63, 3.8) is 0 Å². The summed E-state index contributed by atoms with van der Waals surface area (Å²) in [5, 5.41) is 11.6. The van der Waals surface area contributed by atoms with Gasteiger partial charge in [-0.2, -0.15) is 0 Å². The highest BCUT2D eigenvalue weighted by atomic mass is 16.5. The van der Waals surface area contributed by atoms with Gasteiger partial charge in [0.15, 0.2) is 11.5 Å². The molecule has 5 heteroatoms. The zero-order chi connectivity index (χ0) is 13.7. The maximum atomic E-state index is 12.0. The normalized spacial score (nSPS) is 15.5. The van der Waals surface area contributed by atoms with Crippen molar-refractivity contribution in [3.05, 3.63) is 23.8 Å². The third kappa shape index (κ3) is 3.61. The number of carbonyl (C=O) groups excluding carboxylic acids is 1. The van der Waals surface area contributed by atoms with Crippen LogP contribution < -0.4 is 14.8 Å². The molecule has 0 fully saturated rings. The zero-order valence-electron chi connectivity index (χ0n) is 11.0. The Morgan fingerprint density at radius 2 is 2.11 bits per heavy atom. The van der Waals surface area contributed by atoms with E-state index in [-0.39, 0.29) is 18.6 Å². The van der Waals surface area contributed by atoms with E-state index in [4.69, 9.17) is 14.6 Å². The topological polar surface area (TPSA) is 67.8 Å². The molecule has 1 aliphatic heterocycles. The molecule has 1 amide bonds. The molecule has 0 spiro atoms. The number of nitrogens with one attached hydrogen (secondary N) is 1. The van der Waals surface area contributed by atoms with E-state index < -0.39 is 0 Å². The van der Waals surface area contributed by atoms with Crippen LogP contribution in [0.2, 0.25) is 0 Å². The molecule has 1 unspecified atom stereocenters. The standard InChI is InChI=1S/C14H19NO4/c1-10(5-6-16)15-14(17)11-3-4-12-13(9-11)19-8-2-7-18-12/h3-4,9-10,16H,2,5-8H2,1H3,(H,15,17). The van der Waals surface area contributed by atoms with E-state index in [1.807, 2.05) is 6.92 Å². The highest BCUT2D eigenvalue weighted by molar-refractivity contribution is 5.95. The van der Waals surface area contributed by atoms with E-state index in [1.54, 1.807) is 18.2 Å². The van der Waals surface area contributed by atoms with Gasteiger partial charge in [-0.25, -0.2) is 0 Å². The van der Waals surface area contributed by atoms with Crippen LogP contribution in [-0.4, -0.2) is 36.9 Å². The number of aliphatic hydroxyl groups excluding tert-OH is 1. The van der Waals surface area contributed by atoms with E-state index >= 15 is 0 Å². The molecule has 1 heterocycles. The van der Waals surface area contributed by atoms with Gasteiger partial charge in [0, 0.05) is 24.6 Å². The number of fused-ring (bicyclic) bond motifs is 1. The zero-order valence-corrected chi connectivity index (χ0v) is 11.0. The first-order valence-electron chi connectivity index (χ1n) is 6.52. The molecule has 1 aliphatic rings. The number of hydrogen-bond acceptors (Lipinski definition) is 4. The highest BCUT2D eigenvalue weighted by Gasteiger charge is 2.15. The van der Waals surface area contributed by atoms with Gasteiger partial charge in [-0.1, -0.05) is 0 Å². The lowest BCUT2D eigenvalue weighted by Crippen LogP contribution is -2.33. The number of benzene rings is 1.